The molecule has 1 heterocycles. The number of ether oxygens (including phenoxy) is 3. The van der Waals surface area contributed by atoms with Gasteiger partial charge in [-0.15, -0.1) is 26.3 Å². The molecule has 0 saturated heterocycles. The highest BCUT2D eigenvalue weighted by Crippen LogP contribution is 2.61. The molecule has 16 heteroatoms. The number of alkyl halides is 3. The molecule has 0 fully saturated rings. The van der Waals surface area contributed by atoms with Gasteiger partial charge in [0.15, 0.2) is 31.2 Å². The van der Waals surface area contributed by atoms with E-state index in [0.717, 1.165) is 30.9 Å². The van der Waals surface area contributed by atoms with Crippen LogP contribution in [0.1, 0.15) is 115 Å². The van der Waals surface area contributed by atoms with E-state index in [1.807, 2.05) is 82.1 Å². The summed E-state index contributed by atoms with van der Waals surface area (Å²) in [5.74, 6) is -5.73. The normalized spacial score (nSPS) is 20.1. The summed E-state index contributed by atoms with van der Waals surface area (Å²) in [6.45, 7) is 20.1. The summed E-state index contributed by atoms with van der Waals surface area (Å²) in [6, 6.07) is 18.3. The van der Waals surface area contributed by atoms with Gasteiger partial charge in [0, 0.05) is 42.6 Å². The molecule has 1 aromatic heterocycles. The number of aromatic nitrogens is 1. The van der Waals surface area contributed by atoms with Gasteiger partial charge in [-0.2, -0.15) is 0 Å². The average Bonchev–Trinajstić information content (AvgIpc) is 3.71. The van der Waals surface area contributed by atoms with Crippen molar-refractivity contribution in [1.29, 1.82) is 0 Å². The van der Waals surface area contributed by atoms with Gasteiger partial charge >= 0.3 is 6.36 Å². The first-order valence-electron chi connectivity index (χ1n) is 23.5. The lowest BCUT2D eigenvalue weighted by Crippen LogP contribution is -2.65. The van der Waals surface area contributed by atoms with Crippen molar-refractivity contribution in [3.05, 3.63) is 137 Å². The fourth-order valence-corrected chi connectivity index (χ4v) is 11.0. The van der Waals surface area contributed by atoms with Crippen LogP contribution in [0.3, 0.4) is 0 Å². The van der Waals surface area contributed by atoms with Crippen molar-refractivity contribution in [1.82, 2.24) is 10.1 Å². The molecule has 368 valence electrons. The number of hydrogen-bond acceptors (Lipinski definition) is 11. The van der Waals surface area contributed by atoms with Gasteiger partial charge in [0.25, 0.3) is 5.88 Å². The molecule has 2 N–H and O–H groups in total. The summed E-state index contributed by atoms with van der Waals surface area (Å²) < 4.78 is 74.2. The number of aliphatic hydroxyl groups excluding tert-OH is 1. The molecule has 0 unspecified atom stereocenters. The second-order valence-corrected chi connectivity index (χ2v) is 24.2. The molecule has 7 rings (SSSR count). The van der Waals surface area contributed by atoms with Crippen LogP contribution in [0, 0.1) is 11.8 Å². The first-order chi connectivity index (χ1) is 32.8. The number of aliphatic hydroxyl groups is 1. The number of ketones is 2. The summed E-state index contributed by atoms with van der Waals surface area (Å²) in [4.78, 5) is 47.2. The topological polar surface area (TPSA) is 150 Å². The minimum atomic E-state index is -5.21. The monoisotopic (exact) mass is 969 g/mol. The van der Waals surface area contributed by atoms with Crippen molar-refractivity contribution in [2.24, 2.45) is 11.8 Å². The van der Waals surface area contributed by atoms with Gasteiger partial charge < -0.3 is 33.6 Å². The SMILES string of the molecule is C=CCN(CC=C)[C@@H]1c2onc(OCc3ccccc3)c2C(=O)[C@@]2(O[Si](C)(C)C(C)(C)C)C(O)=C3C(=O)c4c(c(OC(F)(F)F)cc(NC(=O)CCCCCC)c4OCc4ccccc4)C[C@H]3C[C@@H]12. The quantitative estimate of drug-likeness (QED) is 0.0495. The molecule has 4 atom stereocenters. The summed E-state index contributed by atoms with van der Waals surface area (Å²) >= 11 is 0. The molecule has 69 heavy (non-hydrogen) atoms. The molecule has 0 saturated carbocycles. The lowest BCUT2D eigenvalue weighted by molar-refractivity contribution is -0.275. The number of halogens is 3. The van der Waals surface area contributed by atoms with Crippen LogP contribution >= 0.6 is 0 Å². The molecule has 0 spiro atoms. The first kappa shape index (κ1) is 50.9. The minimum Gasteiger partial charge on any atom is -0.508 e. The molecule has 3 aromatic carbocycles. The van der Waals surface area contributed by atoms with Crippen LogP contribution in [0.15, 0.2) is 108 Å². The van der Waals surface area contributed by atoms with E-state index in [0.29, 0.717) is 12.0 Å². The Morgan fingerprint density at radius 2 is 1.58 bits per heavy atom. The maximum atomic E-state index is 16.0. The van der Waals surface area contributed by atoms with E-state index in [2.05, 4.69) is 23.6 Å². The number of nitrogens with zero attached hydrogens (tertiary/aromatic N) is 2. The van der Waals surface area contributed by atoms with Crippen LogP contribution in [0.5, 0.6) is 17.4 Å². The highest BCUT2D eigenvalue weighted by atomic mass is 28.4. The first-order valence-corrected chi connectivity index (χ1v) is 26.4. The lowest BCUT2D eigenvalue weighted by atomic mass is 9.58. The second kappa shape index (κ2) is 20.5. The summed E-state index contributed by atoms with van der Waals surface area (Å²) in [7, 11) is -3.17. The zero-order chi connectivity index (χ0) is 49.9. The number of carbonyl (C=O) groups excluding carboxylic acids is 3. The van der Waals surface area contributed by atoms with Crippen LogP contribution in [-0.2, 0) is 28.9 Å². The molecule has 3 aliphatic rings. The van der Waals surface area contributed by atoms with Gasteiger partial charge in [0.2, 0.25) is 11.7 Å². The van der Waals surface area contributed by atoms with Crippen molar-refractivity contribution < 1.29 is 55.8 Å². The van der Waals surface area contributed by atoms with Crippen molar-refractivity contribution in [3.63, 3.8) is 0 Å². The average molecular weight is 970 g/mol. The predicted octanol–water partition coefficient (Wildman–Crippen LogP) is 12.2. The van der Waals surface area contributed by atoms with Crippen LogP contribution < -0.4 is 19.5 Å². The Balaban J connectivity index is 1.48. The van der Waals surface area contributed by atoms with Gasteiger partial charge in [0.05, 0.1) is 17.3 Å². The Labute approximate surface area is 402 Å². The van der Waals surface area contributed by atoms with E-state index in [1.54, 1.807) is 36.4 Å². The molecule has 3 aliphatic carbocycles. The fraction of sp³-hybridized carbons (Fsp3) is 0.434. The molecule has 4 aromatic rings. The Kier molecular flexibility index (Phi) is 15.2. The largest absolute Gasteiger partial charge is 0.573 e. The highest BCUT2D eigenvalue weighted by molar-refractivity contribution is 6.74. The maximum absolute atomic E-state index is 16.0. The number of unbranched alkanes of at least 4 members (excludes halogenated alkanes) is 3. The van der Waals surface area contributed by atoms with E-state index >= 15 is 9.59 Å². The third-order valence-electron chi connectivity index (χ3n) is 13.8. The van der Waals surface area contributed by atoms with Gasteiger partial charge in [0.1, 0.15) is 30.3 Å². The number of amides is 1. The number of Topliss-reactive ketones (excluding diaryl/α,β-unsaturated/α-hetero) is 2. The van der Waals surface area contributed by atoms with Crippen LogP contribution in [0.2, 0.25) is 18.1 Å². The standard InChI is InChI=1S/C53H62F3N3O9Si/c1-9-12-13-20-25-40(60)57-38-30-39(66-53(54,55)56)36-28-35-29-37-44(59(26-10-2)27-11-3)47-43(50(58-67-47)65-32-34-23-18-15-19-24-34)49(63)52(37,68-69(7,8)51(4,5)6)48(62)41(35)45(61)42(36)46(38)64-31-33-21-16-14-17-22-33/h10-11,14-19,21-24,30,35,37,44,62H,2-3,9,12-13,20,25-29,31-32H2,1,4-8H3,(H,57,60)/t35-,37-,44-,52-/m0/s1. The van der Waals surface area contributed by atoms with Crippen molar-refractivity contribution in [2.45, 2.75) is 122 Å². The Hall–Kier alpha value is -5.97. The zero-order valence-corrected chi connectivity index (χ0v) is 41.2. The fourth-order valence-electron chi connectivity index (χ4n) is 9.55. The third kappa shape index (κ3) is 10.3. The van der Waals surface area contributed by atoms with E-state index < -0.39 is 72.2 Å². The number of carbonyl (C=O) groups is 3. The zero-order valence-electron chi connectivity index (χ0n) is 40.2. The smallest absolute Gasteiger partial charge is 0.508 e. The Bertz CT molecular complexity index is 2580. The minimum absolute atomic E-state index is 0.0103. The second-order valence-electron chi connectivity index (χ2n) is 19.5. The number of rotatable bonds is 20. The predicted molar refractivity (Wildman–Crippen MR) is 258 cm³/mol. The highest BCUT2D eigenvalue weighted by Gasteiger charge is 2.68. The number of nitrogens with one attached hydrogen (secondary N) is 1. The number of hydrogen-bond donors (Lipinski definition) is 2. The molecular weight excluding hydrogens is 908 g/mol. The molecular formula is C53H62F3N3O9Si. The summed E-state index contributed by atoms with van der Waals surface area (Å²) in [6.07, 6.45) is 0.973. The number of anilines is 1. The van der Waals surface area contributed by atoms with E-state index in [1.165, 1.54) is 0 Å². The molecule has 0 radical (unpaired) electrons. The van der Waals surface area contributed by atoms with Crippen LogP contribution in [-0.4, -0.2) is 66.0 Å². The summed E-state index contributed by atoms with van der Waals surface area (Å²) in [5.41, 5.74) is -1.81. The molecule has 0 aliphatic heterocycles. The van der Waals surface area contributed by atoms with E-state index in [4.69, 9.17) is 23.2 Å². The lowest BCUT2D eigenvalue weighted by Gasteiger charge is -2.55. The van der Waals surface area contributed by atoms with Gasteiger partial charge in [-0.25, -0.2) is 0 Å². The number of allylic oxidation sites excluding steroid dienone is 1. The number of fused-ring (bicyclic) bond motifs is 4. The molecule has 1 amide bonds. The van der Waals surface area contributed by atoms with Crippen LogP contribution in [0.25, 0.3) is 0 Å². The van der Waals surface area contributed by atoms with E-state index in [-0.39, 0.29) is 90.9 Å². The molecule has 0 bridgehead atoms. The molecule has 12 nitrogen and oxygen atoms in total. The Morgan fingerprint density at radius 3 is 2.16 bits per heavy atom. The van der Waals surface area contributed by atoms with Crippen molar-refractivity contribution >= 4 is 31.5 Å². The van der Waals surface area contributed by atoms with Gasteiger partial charge in [-0.3, -0.25) is 19.3 Å². The van der Waals surface area contributed by atoms with Crippen molar-refractivity contribution in [3.8, 4) is 17.4 Å². The third-order valence-corrected chi connectivity index (χ3v) is 18.2. The van der Waals surface area contributed by atoms with E-state index in [9.17, 15) is 23.1 Å². The van der Waals surface area contributed by atoms with Crippen molar-refractivity contribution in [2.75, 3.05) is 18.4 Å². The Morgan fingerprint density at radius 1 is 0.957 bits per heavy atom. The van der Waals surface area contributed by atoms with Gasteiger partial charge in [-0.1, -0.05) is 120 Å². The maximum Gasteiger partial charge on any atom is 0.573 e. The summed E-state index contributed by atoms with van der Waals surface area (Å²) in [5, 5.41) is 19.8. The number of benzene rings is 3. The van der Waals surface area contributed by atoms with Crippen LogP contribution in [0.4, 0.5) is 18.9 Å². The van der Waals surface area contributed by atoms with Gasteiger partial charge in [-0.05, 0) is 59.6 Å².